The summed E-state index contributed by atoms with van der Waals surface area (Å²) < 4.78 is 54.0. The summed E-state index contributed by atoms with van der Waals surface area (Å²) >= 11 is 0. The van der Waals surface area contributed by atoms with E-state index in [9.17, 15) is 18.9 Å². The molecule has 0 heterocycles. The van der Waals surface area contributed by atoms with Crippen LogP contribution in [-0.4, -0.2) is 88.0 Å². The number of carbonyl (C=O) groups excluding carboxylic acids is 3. The Hall–Kier alpha value is -2.57. The second-order valence-electron chi connectivity index (χ2n) is 10.3. The van der Waals surface area contributed by atoms with E-state index < -0.39 is 26.0 Å². The van der Waals surface area contributed by atoms with Crippen molar-refractivity contribution in [2.45, 2.75) is 103 Å². The van der Waals surface area contributed by atoms with Crippen molar-refractivity contribution in [2.75, 3.05) is 46.6 Å². The lowest BCUT2D eigenvalue weighted by atomic mass is 9.98. The van der Waals surface area contributed by atoms with E-state index in [1.54, 1.807) is 0 Å². The highest BCUT2D eigenvalue weighted by atomic mass is 31.2. The van der Waals surface area contributed by atoms with Crippen molar-refractivity contribution < 1.29 is 51.7 Å². The molecule has 0 radical (unpaired) electrons. The largest absolute Gasteiger partial charge is 0.508 e. The summed E-state index contributed by atoms with van der Waals surface area (Å²) in [5.74, 6) is -0.782. The van der Waals surface area contributed by atoms with Crippen molar-refractivity contribution in [1.82, 2.24) is 4.90 Å². The summed E-state index contributed by atoms with van der Waals surface area (Å²) in [6.07, 6.45) is 9.00. The quantitative estimate of drug-likeness (QED) is 0.0569. The molecular formula is C27H48N3O11P. The van der Waals surface area contributed by atoms with Crippen LogP contribution in [-0.2, 0) is 42.1 Å². The zero-order valence-electron chi connectivity index (χ0n) is 25.0. The van der Waals surface area contributed by atoms with Crippen molar-refractivity contribution in [3.63, 3.8) is 0 Å². The van der Waals surface area contributed by atoms with Gasteiger partial charge >= 0.3 is 26.0 Å². The molecule has 0 spiro atoms. The highest BCUT2D eigenvalue weighted by Crippen LogP contribution is 2.50. The lowest BCUT2D eigenvalue weighted by Gasteiger charge is -2.21. The Kier molecular flexibility index (Phi) is 17.3. The van der Waals surface area contributed by atoms with Gasteiger partial charge in [0.1, 0.15) is 18.8 Å². The first-order valence-electron chi connectivity index (χ1n) is 15.0. The van der Waals surface area contributed by atoms with Gasteiger partial charge in [-0.2, -0.15) is 0 Å². The van der Waals surface area contributed by atoms with Crippen LogP contribution in [0.4, 0.5) is 9.59 Å². The van der Waals surface area contributed by atoms with Crippen LogP contribution in [0.2, 0.25) is 0 Å². The monoisotopic (exact) mass is 621 g/mol. The molecule has 0 aromatic carbocycles. The minimum atomic E-state index is -4.15. The van der Waals surface area contributed by atoms with Gasteiger partial charge in [0.2, 0.25) is 5.96 Å². The van der Waals surface area contributed by atoms with E-state index in [4.69, 9.17) is 38.5 Å². The number of nitrogens with zero attached hydrogens (tertiary/aromatic N) is 2. The summed E-state index contributed by atoms with van der Waals surface area (Å²) in [7, 11) is -2.67. The van der Waals surface area contributed by atoms with E-state index in [2.05, 4.69) is 4.76 Å². The van der Waals surface area contributed by atoms with Crippen molar-refractivity contribution in [2.24, 2.45) is 10.5 Å². The van der Waals surface area contributed by atoms with Crippen LogP contribution in [0.1, 0.15) is 90.4 Å². The average Bonchev–Trinajstić information content (AvgIpc) is 2.96. The minimum Gasteiger partial charge on any atom is -0.464 e. The van der Waals surface area contributed by atoms with Gasteiger partial charge in [-0.15, -0.1) is 4.76 Å². The molecule has 242 valence electrons. The van der Waals surface area contributed by atoms with Crippen molar-refractivity contribution >= 4 is 32.0 Å². The molecule has 0 saturated heterocycles. The summed E-state index contributed by atoms with van der Waals surface area (Å²) in [5.41, 5.74) is 5.96. The predicted octanol–water partition coefficient (Wildman–Crippen LogP) is 5.08. The van der Waals surface area contributed by atoms with Crippen LogP contribution in [0, 0.1) is 0 Å². The van der Waals surface area contributed by atoms with E-state index in [1.165, 1.54) is 11.9 Å². The number of ether oxygens (including phenoxy) is 5. The van der Waals surface area contributed by atoms with Gasteiger partial charge in [0.05, 0.1) is 33.0 Å². The third kappa shape index (κ3) is 15.6. The number of rotatable bonds is 17. The van der Waals surface area contributed by atoms with Gasteiger partial charge in [-0.3, -0.25) is 13.8 Å². The number of guanidine groups is 1. The molecule has 2 fully saturated rings. The SMILES string of the molecule is CCCOC(=O)CN(C)/C(N)=N/P(=O)(OCCCOC(=O)OC1CCCCC1)OCCCOC(=O)OC1CCCCC1. The predicted molar refractivity (Wildman–Crippen MR) is 153 cm³/mol. The zero-order chi connectivity index (χ0) is 30.6. The molecule has 2 N–H and O–H groups in total. The minimum absolute atomic E-state index is 0.0229. The molecule has 0 amide bonds. The van der Waals surface area contributed by atoms with Gasteiger partial charge in [-0.05, 0) is 57.8 Å². The molecule has 0 bridgehead atoms. The standard InChI is InChI=1S/C27H48N3O11P/c1-3-16-35-24(31)21-30(2)25(28)29-42(34,38-19-10-17-36-26(32)40-22-12-6-4-7-13-22)39-20-11-18-37-27(33)41-23-14-8-5-9-15-23/h22-23H,3-21H2,1-2H3,(H2,28,29,34). The van der Waals surface area contributed by atoms with Crippen LogP contribution >= 0.6 is 7.75 Å². The van der Waals surface area contributed by atoms with Crippen LogP contribution in [0.15, 0.2) is 4.76 Å². The lowest BCUT2D eigenvalue weighted by Crippen LogP contribution is -2.38. The number of esters is 1. The molecule has 0 unspecified atom stereocenters. The summed E-state index contributed by atoms with van der Waals surface area (Å²) in [4.78, 5) is 37.0. The number of nitrogens with two attached hydrogens (primary N) is 1. The molecule has 2 rings (SSSR count). The second-order valence-corrected chi connectivity index (χ2v) is 12.0. The molecule has 2 aliphatic carbocycles. The van der Waals surface area contributed by atoms with Gasteiger partial charge < -0.3 is 34.3 Å². The fourth-order valence-electron chi connectivity index (χ4n) is 4.33. The number of carbonyl (C=O) groups is 3. The normalized spacial score (nSPS) is 16.9. The number of hydrogen-bond donors (Lipinski definition) is 1. The second kappa shape index (κ2) is 20.4. The highest BCUT2D eigenvalue weighted by molar-refractivity contribution is 7.52. The first kappa shape index (κ1) is 35.6. The van der Waals surface area contributed by atoms with Gasteiger partial charge in [-0.1, -0.05) is 19.8 Å². The molecule has 42 heavy (non-hydrogen) atoms. The molecule has 2 saturated carbocycles. The van der Waals surface area contributed by atoms with Crippen molar-refractivity contribution in [1.29, 1.82) is 0 Å². The third-order valence-corrected chi connectivity index (χ3v) is 8.07. The van der Waals surface area contributed by atoms with E-state index in [1.807, 2.05) is 6.92 Å². The Bertz CT molecular complexity index is 847. The maximum absolute atomic E-state index is 13.4. The Labute approximate surface area is 248 Å². The summed E-state index contributed by atoms with van der Waals surface area (Å²) in [6, 6.07) is 0. The van der Waals surface area contributed by atoms with Crippen LogP contribution in [0.25, 0.3) is 0 Å². The first-order chi connectivity index (χ1) is 20.2. The summed E-state index contributed by atoms with van der Waals surface area (Å²) in [5, 5.41) is 0. The van der Waals surface area contributed by atoms with E-state index in [0.717, 1.165) is 64.2 Å². The maximum Gasteiger partial charge on any atom is 0.508 e. The fraction of sp³-hybridized carbons (Fsp3) is 0.852. The summed E-state index contributed by atoms with van der Waals surface area (Å²) in [6.45, 7) is 1.61. The van der Waals surface area contributed by atoms with E-state index in [0.29, 0.717) is 6.42 Å². The molecular weight excluding hydrogens is 573 g/mol. The van der Waals surface area contributed by atoms with Gasteiger partial charge in [0, 0.05) is 19.9 Å². The molecule has 0 aromatic rings. The maximum atomic E-state index is 13.4. The smallest absolute Gasteiger partial charge is 0.464 e. The van der Waals surface area contributed by atoms with Crippen molar-refractivity contribution in [3.05, 3.63) is 0 Å². The van der Waals surface area contributed by atoms with Gasteiger partial charge in [-0.25, -0.2) is 14.2 Å². The van der Waals surface area contributed by atoms with Gasteiger partial charge in [0.25, 0.3) is 0 Å². The van der Waals surface area contributed by atoms with Gasteiger partial charge in [0.15, 0.2) is 0 Å². The molecule has 14 nitrogen and oxygen atoms in total. The Morgan fingerprint density at radius 1 is 0.762 bits per heavy atom. The van der Waals surface area contributed by atoms with Crippen LogP contribution in [0.3, 0.4) is 0 Å². The molecule has 0 aliphatic heterocycles. The Morgan fingerprint density at radius 3 is 1.69 bits per heavy atom. The van der Waals surface area contributed by atoms with Crippen LogP contribution < -0.4 is 5.73 Å². The highest BCUT2D eigenvalue weighted by Gasteiger charge is 2.27. The fourth-order valence-corrected chi connectivity index (χ4v) is 5.64. The first-order valence-corrected chi connectivity index (χ1v) is 16.5. The molecule has 0 atom stereocenters. The average molecular weight is 622 g/mol. The molecule has 2 aliphatic rings. The van der Waals surface area contributed by atoms with Crippen molar-refractivity contribution in [3.8, 4) is 0 Å². The third-order valence-electron chi connectivity index (χ3n) is 6.61. The van der Waals surface area contributed by atoms with E-state index in [-0.39, 0.29) is 70.6 Å². The lowest BCUT2D eigenvalue weighted by molar-refractivity contribution is -0.143. The Morgan fingerprint density at radius 2 is 1.24 bits per heavy atom. The molecule has 0 aromatic heterocycles. The number of hydrogen-bond acceptors (Lipinski definition) is 11. The topological polar surface area (TPSA) is 175 Å². The van der Waals surface area contributed by atoms with E-state index >= 15 is 0 Å². The Balaban J connectivity index is 1.81. The number of likely N-dealkylation sites (N-methyl/N-ethyl adjacent to an activating group) is 1. The van der Waals surface area contributed by atoms with Crippen LogP contribution in [0.5, 0.6) is 0 Å². The molecule has 15 heteroatoms. The zero-order valence-corrected chi connectivity index (χ0v) is 25.9.